The summed E-state index contributed by atoms with van der Waals surface area (Å²) in [6.07, 6.45) is -23.0. The number of rotatable bonds is 26. The zero-order valence-corrected chi connectivity index (χ0v) is 31.8. The van der Waals surface area contributed by atoms with Gasteiger partial charge >= 0.3 is 31.2 Å². The zero-order chi connectivity index (χ0) is 41.1. The van der Waals surface area contributed by atoms with Crippen LogP contribution in [0.1, 0.15) is 6.42 Å². The first kappa shape index (κ1) is 51.0. The number of hydrogen-bond acceptors (Lipinski definition) is 28. The van der Waals surface area contributed by atoms with Gasteiger partial charge in [-0.2, -0.15) is 25.3 Å². The monoisotopic (exact) mass is 960 g/mol. The molecule has 3 N–H and O–H groups in total. The molecule has 53 heavy (non-hydrogen) atoms. The van der Waals surface area contributed by atoms with Gasteiger partial charge in [-0.1, -0.05) is 0 Å². The Morgan fingerprint density at radius 2 is 1.08 bits per heavy atom. The van der Waals surface area contributed by atoms with Gasteiger partial charge in [0.1, 0.15) is 42.7 Å². The van der Waals surface area contributed by atoms with E-state index in [2.05, 4.69) is 37.6 Å². The minimum absolute atomic E-state index is 1.06. The van der Waals surface area contributed by atoms with Crippen LogP contribution < -0.4 is 0 Å². The van der Waals surface area contributed by atoms with Crippen LogP contribution in [0.5, 0.6) is 0 Å². The van der Waals surface area contributed by atoms with Crippen LogP contribution in [-0.2, 0) is 142 Å². The lowest BCUT2D eigenvalue weighted by Crippen LogP contribution is -2.60. The molecule has 1 rings (SSSR count). The average molecular weight is 961 g/mol. The molecule has 0 bridgehead atoms. The van der Waals surface area contributed by atoms with Crippen LogP contribution in [0.25, 0.3) is 0 Å². The minimum Gasteiger partial charge on any atom is -0.750 e. The van der Waals surface area contributed by atoms with Crippen molar-refractivity contribution in [3.8, 4) is 0 Å². The second-order valence-electron chi connectivity index (χ2n) is 9.02. The van der Waals surface area contributed by atoms with Crippen LogP contribution in [0.3, 0.4) is 0 Å². The normalized spacial score (nSPS) is 27.5. The smallest absolute Gasteiger partial charge is 0.397 e. The van der Waals surface area contributed by atoms with Gasteiger partial charge in [0.05, 0.1) is 94.1 Å². The van der Waals surface area contributed by atoms with Gasteiger partial charge in [0.2, 0.25) is 0 Å². The fraction of sp³-hybridized carbons (Fsp3) is 1.00. The molecule has 40 heteroatoms. The quantitative estimate of drug-likeness (QED) is 0.0536. The lowest BCUT2D eigenvalue weighted by molar-refractivity contribution is -0.166. The maximum absolute atomic E-state index is 11.8. The topological polar surface area (TPSA) is 496 Å². The molecule has 0 heterocycles. The number of hydrogen-bond donors (Lipinski definition) is 3. The maximum Gasteiger partial charge on any atom is 0.397 e. The molecule has 1 fully saturated rings. The van der Waals surface area contributed by atoms with E-state index in [1.54, 1.807) is 0 Å². The van der Waals surface area contributed by atoms with E-state index in [1.165, 1.54) is 0 Å². The highest BCUT2D eigenvalue weighted by molar-refractivity contribution is 7.81. The van der Waals surface area contributed by atoms with E-state index in [4.69, 9.17) is 9.29 Å². The molecule has 1 aliphatic carbocycles. The highest BCUT2D eigenvalue weighted by Crippen LogP contribution is 2.36. The van der Waals surface area contributed by atoms with Crippen molar-refractivity contribution in [1.82, 2.24) is 0 Å². The molecular weight excluding hydrogens is 941 g/mol. The molecule has 31 nitrogen and oxygen atoms in total. The molecule has 15 atom stereocenters. The Morgan fingerprint density at radius 1 is 0.585 bits per heavy atom. The Kier molecular flexibility index (Phi) is 21.9. The summed E-state index contributed by atoms with van der Waals surface area (Å²) in [7, 11) is -17.4. The molecular formula is C13H20O31S9-6. The molecule has 6 unspecified atom stereocenters. The summed E-state index contributed by atoms with van der Waals surface area (Å²) in [6.45, 7) is -4.79. The van der Waals surface area contributed by atoms with E-state index in [0.29, 0.717) is 0 Å². The molecule has 0 aromatic heterocycles. The van der Waals surface area contributed by atoms with E-state index < -0.39 is 180 Å². The highest BCUT2D eigenvalue weighted by atomic mass is 32.3. The van der Waals surface area contributed by atoms with Crippen LogP contribution >= 0.6 is 0 Å². The summed E-state index contributed by atoms with van der Waals surface area (Å²) in [5.41, 5.74) is 0. The van der Waals surface area contributed by atoms with Gasteiger partial charge in [0.15, 0.2) is 0 Å². The molecule has 0 radical (unpaired) electrons. The molecule has 0 spiro atoms. The zero-order valence-electron chi connectivity index (χ0n) is 24.5. The molecule has 1 aliphatic rings. The van der Waals surface area contributed by atoms with E-state index in [1.807, 2.05) is 0 Å². The highest BCUT2D eigenvalue weighted by Gasteiger charge is 2.52. The van der Waals surface area contributed by atoms with Crippen molar-refractivity contribution >= 4 is 99.4 Å². The van der Waals surface area contributed by atoms with Crippen LogP contribution in [0, 0.1) is 5.92 Å². The minimum atomic E-state index is -6.04. The lowest BCUT2D eigenvalue weighted by Gasteiger charge is -2.45. The van der Waals surface area contributed by atoms with Gasteiger partial charge in [-0.3, -0.25) is 34.6 Å². The van der Waals surface area contributed by atoms with E-state index >= 15 is 0 Å². The summed E-state index contributed by atoms with van der Waals surface area (Å²) in [5, 5.41) is 0. The van der Waals surface area contributed by atoms with Crippen molar-refractivity contribution in [3.63, 3.8) is 0 Å². The van der Waals surface area contributed by atoms with Crippen LogP contribution in [0.4, 0.5) is 0 Å². The third-order valence-electron chi connectivity index (χ3n) is 5.74. The van der Waals surface area contributed by atoms with Gasteiger partial charge in [-0.25, -0.2) is 37.8 Å². The average Bonchev–Trinajstić information content (AvgIpc) is 2.94. The van der Waals surface area contributed by atoms with Crippen molar-refractivity contribution < 1.29 is 134 Å². The number of ether oxygens (including phenoxy) is 1. The fourth-order valence-electron chi connectivity index (χ4n) is 4.20. The van der Waals surface area contributed by atoms with Crippen LogP contribution in [0.2, 0.25) is 0 Å². The Hall–Kier alpha value is -0.0100. The lowest BCUT2D eigenvalue weighted by atomic mass is 9.81. The molecule has 0 aromatic carbocycles. The third-order valence-corrected chi connectivity index (χ3v) is 9.38. The van der Waals surface area contributed by atoms with Crippen molar-refractivity contribution in [3.05, 3.63) is 0 Å². The predicted octanol–water partition coefficient (Wildman–Crippen LogP) is -6.71. The second kappa shape index (κ2) is 22.8. The summed E-state index contributed by atoms with van der Waals surface area (Å²) in [5.74, 6) is -1.81. The van der Waals surface area contributed by atoms with Crippen LogP contribution in [-0.4, -0.2) is 160 Å². The largest absolute Gasteiger partial charge is 0.750 e. The van der Waals surface area contributed by atoms with Crippen molar-refractivity contribution in [1.29, 1.82) is 0 Å². The van der Waals surface area contributed by atoms with Gasteiger partial charge < -0.3 is 36.2 Å². The maximum atomic E-state index is 11.8. The first-order chi connectivity index (χ1) is 24.1. The summed E-state index contributed by atoms with van der Waals surface area (Å²) >= 11 is -22.7. The Bertz CT molecular complexity index is 1660. The molecule has 318 valence electrons. The van der Waals surface area contributed by atoms with Gasteiger partial charge in [-0.15, -0.1) is 0 Å². The molecule has 1 saturated carbocycles. The Labute approximate surface area is 312 Å². The van der Waals surface area contributed by atoms with Crippen molar-refractivity contribution in [2.24, 2.45) is 5.92 Å². The van der Waals surface area contributed by atoms with Crippen LogP contribution in [0.15, 0.2) is 0 Å². The summed E-state index contributed by atoms with van der Waals surface area (Å²) in [4.78, 5) is 0. The third kappa shape index (κ3) is 21.4. The molecule has 0 amide bonds. The van der Waals surface area contributed by atoms with E-state index in [9.17, 15) is 86.9 Å². The van der Waals surface area contributed by atoms with E-state index in [-0.39, 0.29) is 0 Å². The van der Waals surface area contributed by atoms with Gasteiger partial charge in [0, 0.05) is 5.92 Å². The molecule has 0 saturated heterocycles. The first-order valence-corrected chi connectivity index (χ1v) is 22.3. The summed E-state index contributed by atoms with van der Waals surface area (Å²) in [6, 6.07) is 0. The van der Waals surface area contributed by atoms with Crippen molar-refractivity contribution in [2.45, 2.75) is 55.3 Å². The summed E-state index contributed by atoms with van der Waals surface area (Å²) < 4.78 is 277. The van der Waals surface area contributed by atoms with Gasteiger partial charge in [-0.05, 0) is 6.42 Å². The predicted molar refractivity (Wildman–Crippen MR) is 152 cm³/mol. The Balaban J connectivity index is 3.93. The SMILES string of the molecule is O=S([O-])OC[C@H]1C[C@@H](OC[C@@H](OS(=O)[O-])[C@@H](OS(=O)(=O)O)[C@H](OS(=O)[O-])[C@@H](COS(=O)(=O)O)OS(=O)[O-])[C@H](OS(=O)(=O)O)[C@@H](OS(=O)[O-])[C@@H]1OS(=O)[O-]. The van der Waals surface area contributed by atoms with E-state index in [0.717, 1.165) is 0 Å². The first-order valence-electron chi connectivity index (χ1n) is 12.2. The molecule has 0 aromatic rings. The molecule has 0 aliphatic heterocycles. The van der Waals surface area contributed by atoms with Gasteiger partial charge in [0.25, 0.3) is 0 Å². The standard InChI is InChI=1S/C13H26O31S9/c14-45(15)36-2-5-1-6(11(43-52(29,30)31)13(42-50(24)25)9(5)40-48(20)21)35-3-7(38-46(16)17)12(44-53(32,33)34)10(41-49(22)23)8(39-47(18)19)4-37-51(26,27)28/h5-13H,1-4H2,(H,14,15)(H,16,17)(H,18,19)(H,20,21)(H,22,23)(H,24,25)(H,26,27,28)(H,29,30,31)(H,32,33,34)/p-6/t5-,6-,7-,8-,9-,10-,11+,12-,13+/m1/s1. The second-order valence-corrected chi connectivity index (χ2v) is 15.9. The van der Waals surface area contributed by atoms with Crippen molar-refractivity contribution in [2.75, 3.05) is 19.8 Å². The fourth-order valence-corrected chi connectivity index (χ4v) is 7.82. The Morgan fingerprint density at radius 3 is 1.49 bits per heavy atom.